The van der Waals surface area contributed by atoms with Gasteiger partial charge in [0.05, 0.1) is 11.9 Å². The SMILES string of the molecule is C=CCSc1nnc(NC(=O)[C@H]2CCN(S(C)(=O)=O)c3cc(Cl)ccc3O2)s1. The molecule has 0 bridgehead atoms. The molecule has 28 heavy (non-hydrogen) atoms. The number of amides is 1. The molecular formula is C16H17ClN4O4S3. The Kier molecular flexibility index (Phi) is 6.48. The molecule has 1 N–H and O–H groups in total. The summed E-state index contributed by atoms with van der Waals surface area (Å²) < 4.78 is 32.0. The molecular weight excluding hydrogens is 444 g/mol. The van der Waals surface area contributed by atoms with Crippen LogP contribution >= 0.6 is 34.7 Å². The van der Waals surface area contributed by atoms with Crippen molar-refractivity contribution < 1.29 is 17.9 Å². The van der Waals surface area contributed by atoms with Crippen LogP contribution in [0.2, 0.25) is 5.02 Å². The van der Waals surface area contributed by atoms with Gasteiger partial charge >= 0.3 is 0 Å². The summed E-state index contributed by atoms with van der Waals surface area (Å²) in [6.45, 7) is 3.73. The average molecular weight is 461 g/mol. The van der Waals surface area contributed by atoms with Crippen LogP contribution in [0.25, 0.3) is 0 Å². The first-order valence-electron chi connectivity index (χ1n) is 8.10. The normalized spacial score (nSPS) is 16.6. The molecule has 1 aromatic heterocycles. The Morgan fingerprint density at radius 2 is 2.32 bits per heavy atom. The topological polar surface area (TPSA) is 101 Å². The number of halogens is 1. The molecule has 0 aliphatic carbocycles. The van der Waals surface area contributed by atoms with Gasteiger partial charge in [0.15, 0.2) is 10.4 Å². The molecule has 3 rings (SSSR count). The zero-order valence-corrected chi connectivity index (χ0v) is 18.0. The van der Waals surface area contributed by atoms with Gasteiger partial charge in [-0.2, -0.15) is 0 Å². The number of hydrogen-bond donors (Lipinski definition) is 1. The number of ether oxygens (including phenoxy) is 1. The highest BCUT2D eigenvalue weighted by Gasteiger charge is 2.31. The van der Waals surface area contributed by atoms with Crippen LogP contribution in [0, 0.1) is 0 Å². The molecule has 2 aromatic rings. The molecule has 8 nitrogen and oxygen atoms in total. The summed E-state index contributed by atoms with van der Waals surface area (Å²) in [7, 11) is -3.56. The van der Waals surface area contributed by atoms with Gasteiger partial charge in [0.2, 0.25) is 15.2 Å². The van der Waals surface area contributed by atoms with E-state index in [2.05, 4.69) is 22.1 Å². The number of sulfonamides is 1. The first kappa shape index (κ1) is 20.9. The Morgan fingerprint density at radius 1 is 1.54 bits per heavy atom. The third-order valence-electron chi connectivity index (χ3n) is 3.71. The average Bonchev–Trinajstić information content (AvgIpc) is 2.96. The Bertz CT molecular complexity index is 996. The number of anilines is 2. The first-order valence-corrected chi connectivity index (χ1v) is 12.1. The molecule has 1 aliphatic heterocycles. The summed E-state index contributed by atoms with van der Waals surface area (Å²) >= 11 is 8.72. The maximum atomic E-state index is 12.7. The van der Waals surface area contributed by atoms with Crippen LogP contribution in [0.4, 0.5) is 10.8 Å². The molecule has 0 fully saturated rings. The van der Waals surface area contributed by atoms with Crippen molar-refractivity contribution in [3.8, 4) is 5.75 Å². The van der Waals surface area contributed by atoms with Crippen LogP contribution in [0.15, 0.2) is 35.2 Å². The molecule has 1 atom stereocenters. The lowest BCUT2D eigenvalue weighted by atomic mass is 10.2. The van der Waals surface area contributed by atoms with E-state index < -0.39 is 22.0 Å². The zero-order chi connectivity index (χ0) is 20.3. The number of rotatable bonds is 6. The minimum atomic E-state index is -3.56. The van der Waals surface area contributed by atoms with Crippen LogP contribution in [-0.2, 0) is 14.8 Å². The number of nitrogens with zero attached hydrogens (tertiary/aromatic N) is 3. The second-order valence-corrected chi connectivity index (χ2v) is 10.4. The second-order valence-electron chi connectivity index (χ2n) is 5.80. The largest absolute Gasteiger partial charge is 0.478 e. The number of fused-ring (bicyclic) bond motifs is 1. The highest BCUT2D eigenvalue weighted by Crippen LogP contribution is 2.36. The molecule has 1 aliphatic rings. The molecule has 1 aromatic carbocycles. The monoisotopic (exact) mass is 460 g/mol. The van der Waals surface area contributed by atoms with Crippen molar-refractivity contribution in [3.05, 3.63) is 35.9 Å². The molecule has 0 unspecified atom stereocenters. The van der Waals surface area contributed by atoms with E-state index in [1.807, 2.05) is 0 Å². The maximum Gasteiger partial charge on any atom is 0.267 e. The number of nitrogens with one attached hydrogen (secondary N) is 1. The lowest BCUT2D eigenvalue weighted by molar-refractivity contribution is -0.122. The van der Waals surface area contributed by atoms with E-state index in [1.54, 1.807) is 18.2 Å². The Hall–Kier alpha value is -1.82. The van der Waals surface area contributed by atoms with E-state index in [0.717, 1.165) is 6.26 Å². The lowest BCUT2D eigenvalue weighted by Gasteiger charge is -2.21. The number of benzene rings is 1. The van der Waals surface area contributed by atoms with Crippen molar-refractivity contribution in [3.63, 3.8) is 0 Å². The molecule has 1 amide bonds. The van der Waals surface area contributed by atoms with Gasteiger partial charge in [-0.05, 0) is 18.2 Å². The van der Waals surface area contributed by atoms with Gasteiger partial charge in [0.25, 0.3) is 5.91 Å². The smallest absolute Gasteiger partial charge is 0.267 e. The van der Waals surface area contributed by atoms with Gasteiger partial charge in [-0.1, -0.05) is 40.8 Å². The van der Waals surface area contributed by atoms with Crippen LogP contribution in [0.3, 0.4) is 0 Å². The fraction of sp³-hybridized carbons (Fsp3) is 0.312. The summed E-state index contributed by atoms with van der Waals surface area (Å²) in [5.74, 6) is 0.536. The molecule has 0 radical (unpaired) electrons. The van der Waals surface area contributed by atoms with Crippen molar-refractivity contribution in [2.45, 2.75) is 16.9 Å². The molecule has 2 heterocycles. The van der Waals surface area contributed by atoms with E-state index in [9.17, 15) is 13.2 Å². The van der Waals surface area contributed by atoms with Crippen molar-refractivity contribution in [1.29, 1.82) is 0 Å². The first-order chi connectivity index (χ1) is 13.3. The number of hydrogen-bond acceptors (Lipinski definition) is 8. The fourth-order valence-corrected chi connectivity index (χ4v) is 5.14. The van der Waals surface area contributed by atoms with E-state index in [1.165, 1.54) is 33.5 Å². The Morgan fingerprint density at radius 3 is 3.04 bits per heavy atom. The number of thioether (sulfide) groups is 1. The third kappa shape index (κ3) is 4.96. The minimum absolute atomic E-state index is 0.0841. The Labute approximate surface area is 176 Å². The Balaban J connectivity index is 1.78. The van der Waals surface area contributed by atoms with Crippen LogP contribution in [0.5, 0.6) is 5.75 Å². The van der Waals surface area contributed by atoms with E-state index >= 15 is 0 Å². The van der Waals surface area contributed by atoms with Crippen molar-refractivity contribution in [2.75, 3.05) is 28.2 Å². The van der Waals surface area contributed by atoms with E-state index in [0.29, 0.717) is 25.9 Å². The lowest BCUT2D eigenvalue weighted by Crippen LogP contribution is -2.35. The number of carbonyl (C=O) groups excluding carboxylic acids is 1. The van der Waals surface area contributed by atoms with Gasteiger partial charge in [0.1, 0.15) is 5.75 Å². The van der Waals surface area contributed by atoms with Crippen LogP contribution < -0.4 is 14.4 Å². The van der Waals surface area contributed by atoms with Gasteiger partial charge < -0.3 is 4.74 Å². The van der Waals surface area contributed by atoms with Crippen LogP contribution in [-0.4, -0.2) is 49.2 Å². The van der Waals surface area contributed by atoms with Crippen molar-refractivity contribution >= 4 is 61.4 Å². The minimum Gasteiger partial charge on any atom is -0.478 e. The number of aromatic nitrogens is 2. The summed E-state index contributed by atoms with van der Waals surface area (Å²) in [5, 5.41) is 11.3. The molecule has 150 valence electrons. The van der Waals surface area contributed by atoms with Crippen LogP contribution in [0.1, 0.15) is 6.42 Å². The van der Waals surface area contributed by atoms with E-state index in [-0.39, 0.29) is 18.7 Å². The van der Waals surface area contributed by atoms with Gasteiger partial charge in [-0.3, -0.25) is 14.4 Å². The quantitative estimate of drug-likeness (QED) is 0.401. The predicted octanol–water partition coefficient (Wildman–Crippen LogP) is 3.03. The van der Waals surface area contributed by atoms with Gasteiger partial charge in [0, 0.05) is 23.7 Å². The summed E-state index contributed by atoms with van der Waals surface area (Å²) in [6.07, 6.45) is 2.13. The highest BCUT2D eigenvalue weighted by atomic mass is 35.5. The summed E-state index contributed by atoms with van der Waals surface area (Å²) in [5.41, 5.74) is 0.310. The summed E-state index contributed by atoms with van der Waals surface area (Å²) in [6, 6.07) is 4.64. The van der Waals surface area contributed by atoms with Gasteiger partial charge in [-0.25, -0.2) is 8.42 Å². The molecule has 0 saturated heterocycles. The zero-order valence-electron chi connectivity index (χ0n) is 14.8. The number of carbonyl (C=O) groups is 1. The maximum absolute atomic E-state index is 12.7. The van der Waals surface area contributed by atoms with Crippen molar-refractivity contribution in [1.82, 2.24) is 10.2 Å². The predicted molar refractivity (Wildman–Crippen MR) is 112 cm³/mol. The van der Waals surface area contributed by atoms with Crippen molar-refractivity contribution in [2.24, 2.45) is 0 Å². The highest BCUT2D eigenvalue weighted by molar-refractivity contribution is 8.01. The fourth-order valence-electron chi connectivity index (χ4n) is 2.52. The second kappa shape index (κ2) is 8.68. The summed E-state index contributed by atoms with van der Waals surface area (Å²) in [4.78, 5) is 12.7. The van der Waals surface area contributed by atoms with Gasteiger partial charge in [-0.15, -0.1) is 16.8 Å². The third-order valence-corrected chi connectivity index (χ3v) is 7.09. The standard InChI is InChI=1S/C16H17ClN4O4S3/c1-3-8-26-16-20-19-15(27-16)18-14(22)13-6-7-21(28(2,23)24)11-9-10(17)4-5-12(11)25-13/h3-5,9,13H,1,6-8H2,2H3,(H,18,19,22)/t13-/m1/s1. The molecule has 0 saturated carbocycles. The molecule has 0 spiro atoms. The van der Waals surface area contributed by atoms with E-state index in [4.69, 9.17) is 16.3 Å². The molecule has 12 heteroatoms.